The number of carbonyl (C=O) groups excluding carboxylic acids is 1. The molecule has 2 heterocycles. The van der Waals surface area contributed by atoms with Crippen LogP contribution in [0.25, 0.3) is 11.3 Å². The van der Waals surface area contributed by atoms with Gasteiger partial charge < -0.3 is 14.2 Å². The van der Waals surface area contributed by atoms with Crippen molar-refractivity contribution in [3.63, 3.8) is 0 Å². The van der Waals surface area contributed by atoms with Crippen molar-refractivity contribution in [2.75, 3.05) is 40.5 Å². The summed E-state index contributed by atoms with van der Waals surface area (Å²) in [6, 6.07) is 7.93. The molecule has 0 saturated carbocycles. The van der Waals surface area contributed by atoms with Gasteiger partial charge in [-0.05, 0) is 57.0 Å². The highest BCUT2D eigenvalue weighted by atomic mass is 16.5. The molecule has 1 aliphatic heterocycles. The molecular weight excluding hydrogens is 370 g/mol. The molecule has 0 unspecified atom stereocenters. The van der Waals surface area contributed by atoms with E-state index in [-0.39, 0.29) is 5.97 Å². The molecule has 158 valence electrons. The SMILES string of the molecule is CCOC(=O)[C@@]1(CCOC)CCCN(Cc2cn[nH]c2-c2ccc(OC)cc2)C1. The van der Waals surface area contributed by atoms with E-state index in [0.29, 0.717) is 26.2 Å². The lowest BCUT2D eigenvalue weighted by Crippen LogP contribution is -2.48. The van der Waals surface area contributed by atoms with Crippen molar-refractivity contribution in [1.82, 2.24) is 15.1 Å². The number of carbonyl (C=O) groups is 1. The summed E-state index contributed by atoms with van der Waals surface area (Å²) < 4.78 is 16.0. The molecule has 1 saturated heterocycles. The molecule has 0 spiro atoms. The summed E-state index contributed by atoms with van der Waals surface area (Å²) in [6.45, 7) is 5.15. The molecule has 7 nitrogen and oxygen atoms in total. The molecule has 7 heteroatoms. The van der Waals surface area contributed by atoms with Crippen LogP contribution in [0.4, 0.5) is 0 Å². The van der Waals surface area contributed by atoms with Gasteiger partial charge in [0.1, 0.15) is 5.75 Å². The number of nitrogens with one attached hydrogen (secondary N) is 1. The minimum absolute atomic E-state index is 0.107. The number of rotatable bonds is 9. The van der Waals surface area contributed by atoms with Crippen LogP contribution in [0.1, 0.15) is 31.7 Å². The number of nitrogens with zero attached hydrogens (tertiary/aromatic N) is 2. The minimum Gasteiger partial charge on any atom is -0.497 e. The first-order chi connectivity index (χ1) is 14.1. The number of hydrogen-bond donors (Lipinski definition) is 1. The number of H-pyrrole nitrogens is 1. The fourth-order valence-electron chi connectivity index (χ4n) is 4.10. The first kappa shape index (κ1) is 21.3. The lowest BCUT2D eigenvalue weighted by Gasteiger charge is -2.41. The van der Waals surface area contributed by atoms with E-state index >= 15 is 0 Å². The van der Waals surface area contributed by atoms with Crippen molar-refractivity contribution in [2.45, 2.75) is 32.7 Å². The normalized spacial score (nSPS) is 19.8. The van der Waals surface area contributed by atoms with Crippen LogP contribution in [-0.2, 0) is 20.8 Å². The molecule has 1 aromatic heterocycles. The molecule has 1 fully saturated rings. The van der Waals surface area contributed by atoms with Crippen LogP contribution in [0.15, 0.2) is 30.5 Å². The lowest BCUT2D eigenvalue weighted by molar-refractivity contribution is -0.160. The molecular formula is C22H31N3O4. The van der Waals surface area contributed by atoms with Crippen molar-refractivity contribution in [1.29, 1.82) is 0 Å². The molecule has 29 heavy (non-hydrogen) atoms. The van der Waals surface area contributed by atoms with Gasteiger partial charge in [0.2, 0.25) is 0 Å². The van der Waals surface area contributed by atoms with Crippen LogP contribution in [0.2, 0.25) is 0 Å². The monoisotopic (exact) mass is 401 g/mol. The summed E-state index contributed by atoms with van der Waals surface area (Å²) in [5.41, 5.74) is 2.67. The van der Waals surface area contributed by atoms with Crippen molar-refractivity contribution >= 4 is 5.97 Å². The molecule has 2 aromatic rings. The van der Waals surface area contributed by atoms with Crippen LogP contribution in [0, 0.1) is 5.41 Å². The van der Waals surface area contributed by atoms with E-state index in [0.717, 1.165) is 48.5 Å². The Morgan fingerprint density at radius 3 is 2.76 bits per heavy atom. The largest absolute Gasteiger partial charge is 0.497 e. The van der Waals surface area contributed by atoms with Gasteiger partial charge in [-0.2, -0.15) is 5.10 Å². The molecule has 0 aliphatic carbocycles. The highest BCUT2D eigenvalue weighted by Gasteiger charge is 2.43. The quantitative estimate of drug-likeness (QED) is 0.650. The first-order valence-corrected chi connectivity index (χ1v) is 10.2. The van der Waals surface area contributed by atoms with E-state index in [1.165, 1.54) is 0 Å². The van der Waals surface area contributed by atoms with Crippen LogP contribution in [-0.4, -0.2) is 61.6 Å². The Balaban J connectivity index is 1.76. The van der Waals surface area contributed by atoms with Gasteiger partial charge in [0.05, 0.1) is 31.0 Å². The Bertz CT molecular complexity index is 790. The lowest BCUT2D eigenvalue weighted by atomic mass is 9.77. The second-order valence-corrected chi connectivity index (χ2v) is 7.56. The van der Waals surface area contributed by atoms with Crippen LogP contribution in [0.3, 0.4) is 0 Å². The maximum Gasteiger partial charge on any atom is 0.313 e. The van der Waals surface area contributed by atoms with E-state index in [4.69, 9.17) is 14.2 Å². The van der Waals surface area contributed by atoms with Gasteiger partial charge in [0.25, 0.3) is 0 Å². The summed E-state index contributed by atoms with van der Waals surface area (Å²) in [5, 5.41) is 7.38. The minimum atomic E-state index is -0.506. The average molecular weight is 402 g/mol. The molecule has 1 aliphatic rings. The standard InChI is InChI=1S/C22H31N3O4/c1-4-29-21(26)22(11-13-27-2)10-5-12-25(16-22)15-18-14-23-24-20(18)17-6-8-19(28-3)9-7-17/h6-9,14H,4-5,10-13,15-16H2,1-3H3,(H,23,24)/t22-/m1/s1. The van der Waals surface area contributed by atoms with Crippen LogP contribution >= 0.6 is 0 Å². The summed E-state index contributed by atoms with van der Waals surface area (Å²) in [7, 11) is 3.33. The van der Waals surface area contributed by atoms with E-state index in [9.17, 15) is 4.79 Å². The van der Waals surface area contributed by atoms with Gasteiger partial charge in [-0.3, -0.25) is 14.8 Å². The highest BCUT2D eigenvalue weighted by molar-refractivity contribution is 5.77. The second kappa shape index (κ2) is 9.89. The van der Waals surface area contributed by atoms with Gasteiger partial charge >= 0.3 is 5.97 Å². The van der Waals surface area contributed by atoms with E-state index in [1.807, 2.05) is 37.4 Å². The molecule has 1 atom stereocenters. The maximum atomic E-state index is 12.8. The number of benzene rings is 1. The molecule has 1 aromatic carbocycles. The number of esters is 1. The Labute approximate surface area is 172 Å². The van der Waals surface area contributed by atoms with Crippen molar-refractivity contribution in [3.8, 4) is 17.0 Å². The topological polar surface area (TPSA) is 76.7 Å². The smallest absolute Gasteiger partial charge is 0.313 e. The first-order valence-electron chi connectivity index (χ1n) is 10.2. The Kier molecular flexibility index (Phi) is 7.28. The number of ether oxygens (including phenoxy) is 3. The molecule has 3 rings (SSSR count). The van der Waals surface area contributed by atoms with Gasteiger partial charge in [-0.15, -0.1) is 0 Å². The van der Waals surface area contributed by atoms with Crippen LogP contribution < -0.4 is 4.74 Å². The van der Waals surface area contributed by atoms with Crippen molar-refractivity contribution in [3.05, 3.63) is 36.0 Å². The third-order valence-electron chi connectivity index (χ3n) is 5.64. The Morgan fingerprint density at radius 1 is 1.28 bits per heavy atom. The van der Waals surface area contributed by atoms with Gasteiger partial charge in [0.15, 0.2) is 0 Å². The fraction of sp³-hybridized carbons (Fsp3) is 0.545. The number of aromatic nitrogens is 2. The number of aromatic amines is 1. The summed E-state index contributed by atoms with van der Waals surface area (Å²) in [5.74, 6) is 0.715. The van der Waals surface area contributed by atoms with Crippen molar-refractivity contribution < 1.29 is 19.0 Å². The van der Waals surface area contributed by atoms with E-state index in [1.54, 1.807) is 14.2 Å². The highest BCUT2D eigenvalue weighted by Crippen LogP contribution is 2.36. The molecule has 0 bridgehead atoms. The summed E-state index contributed by atoms with van der Waals surface area (Å²) in [4.78, 5) is 15.1. The zero-order valence-electron chi connectivity index (χ0n) is 17.6. The molecule has 0 amide bonds. The van der Waals surface area contributed by atoms with Crippen LogP contribution in [0.5, 0.6) is 5.75 Å². The third-order valence-corrected chi connectivity index (χ3v) is 5.64. The Hall–Kier alpha value is -2.38. The Morgan fingerprint density at radius 2 is 2.07 bits per heavy atom. The molecule has 0 radical (unpaired) electrons. The van der Waals surface area contributed by atoms with E-state index in [2.05, 4.69) is 15.1 Å². The zero-order valence-corrected chi connectivity index (χ0v) is 17.6. The predicted molar refractivity (Wildman–Crippen MR) is 111 cm³/mol. The zero-order chi connectivity index (χ0) is 20.7. The number of hydrogen-bond acceptors (Lipinski definition) is 6. The molecule has 1 N–H and O–H groups in total. The predicted octanol–water partition coefficient (Wildman–Crippen LogP) is 3.27. The number of methoxy groups -OCH3 is 2. The average Bonchev–Trinajstić information content (AvgIpc) is 3.20. The fourth-order valence-corrected chi connectivity index (χ4v) is 4.10. The summed E-state index contributed by atoms with van der Waals surface area (Å²) >= 11 is 0. The third kappa shape index (κ3) is 4.97. The maximum absolute atomic E-state index is 12.8. The number of likely N-dealkylation sites (tertiary alicyclic amines) is 1. The summed E-state index contributed by atoms with van der Waals surface area (Å²) in [6.07, 6.45) is 4.34. The second-order valence-electron chi connectivity index (χ2n) is 7.56. The van der Waals surface area contributed by atoms with Gasteiger partial charge in [-0.1, -0.05) is 0 Å². The number of piperidine rings is 1. The van der Waals surface area contributed by atoms with Gasteiger partial charge in [-0.25, -0.2) is 0 Å². The van der Waals surface area contributed by atoms with Crippen molar-refractivity contribution in [2.24, 2.45) is 5.41 Å². The van der Waals surface area contributed by atoms with E-state index < -0.39 is 5.41 Å². The van der Waals surface area contributed by atoms with Gasteiger partial charge in [0, 0.05) is 37.9 Å².